The van der Waals surface area contributed by atoms with Gasteiger partial charge < -0.3 is 9.88 Å². The first-order chi connectivity index (χ1) is 10.3. The highest BCUT2D eigenvalue weighted by Gasteiger charge is 2.04. The van der Waals surface area contributed by atoms with Crippen LogP contribution in [0.5, 0.6) is 0 Å². The van der Waals surface area contributed by atoms with Gasteiger partial charge in [0.25, 0.3) is 0 Å². The van der Waals surface area contributed by atoms with Crippen LogP contribution in [0.3, 0.4) is 0 Å². The van der Waals surface area contributed by atoms with Gasteiger partial charge in [0.05, 0.1) is 11.6 Å². The van der Waals surface area contributed by atoms with E-state index in [4.69, 9.17) is 5.26 Å². The number of aryl methyl sites for hydroxylation is 1. The molecule has 3 rings (SSSR count). The zero-order valence-corrected chi connectivity index (χ0v) is 12.8. The smallest absolute Gasteiger partial charge is 0.0998 e. The van der Waals surface area contributed by atoms with Crippen molar-refractivity contribution in [2.75, 3.05) is 6.54 Å². The van der Waals surface area contributed by atoms with E-state index in [2.05, 4.69) is 47.3 Å². The molecular formula is C17H17N3S. The molecule has 2 aromatic heterocycles. The molecule has 2 heterocycles. The summed E-state index contributed by atoms with van der Waals surface area (Å²) in [4.78, 5) is 2.73. The molecule has 0 amide bonds. The second-order valence-electron chi connectivity index (χ2n) is 5.05. The van der Waals surface area contributed by atoms with Crippen molar-refractivity contribution < 1.29 is 0 Å². The quantitative estimate of drug-likeness (QED) is 0.730. The van der Waals surface area contributed by atoms with Gasteiger partial charge in [-0.3, -0.25) is 0 Å². The summed E-state index contributed by atoms with van der Waals surface area (Å²) in [5.41, 5.74) is 1.87. The van der Waals surface area contributed by atoms with Crippen LogP contribution in [0.15, 0.2) is 42.6 Å². The molecule has 0 bridgehead atoms. The van der Waals surface area contributed by atoms with Crippen LogP contribution in [-0.4, -0.2) is 11.1 Å². The third-order valence-corrected chi connectivity index (χ3v) is 4.56. The van der Waals surface area contributed by atoms with Gasteiger partial charge in [-0.1, -0.05) is 6.07 Å². The summed E-state index contributed by atoms with van der Waals surface area (Å²) >= 11 is 1.84. The van der Waals surface area contributed by atoms with Gasteiger partial charge in [0.2, 0.25) is 0 Å². The average Bonchev–Trinajstić information content (AvgIpc) is 3.10. The van der Waals surface area contributed by atoms with Gasteiger partial charge in [-0.15, -0.1) is 11.3 Å². The lowest BCUT2D eigenvalue weighted by Gasteiger charge is -2.07. The molecule has 0 spiro atoms. The Hall–Kier alpha value is -2.09. The molecule has 3 aromatic rings. The maximum atomic E-state index is 9.12. The molecule has 0 aliphatic carbocycles. The van der Waals surface area contributed by atoms with E-state index in [-0.39, 0.29) is 0 Å². The van der Waals surface area contributed by atoms with Crippen molar-refractivity contribution in [3.63, 3.8) is 0 Å². The highest BCUT2D eigenvalue weighted by atomic mass is 32.1. The molecule has 0 unspecified atom stereocenters. The van der Waals surface area contributed by atoms with E-state index in [0.717, 1.165) is 36.1 Å². The van der Waals surface area contributed by atoms with E-state index in [9.17, 15) is 0 Å². The number of fused-ring (bicyclic) bond motifs is 1. The zero-order valence-electron chi connectivity index (χ0n) is 12.0. The van der Waals surface area contributed by atoms with E-state index in [0.29, 0.717) is 0 Å². The summed E-state index contributed by atoms with van der Waals surface area (Å²) in [5.74, 6) is 0. The second kappa shape index (κ2) is 6.13. The Bertz CT molecular complexity index is 792. The van der Waals surface area contributed by atoms with Crippen molar-refractivity contribution >= 4 is 22.2 Å². The highest BCUT2D eigenvalue weighted by Crippen LogP contribution is 2.19. The number of hydrogen-bond donors (Lipinski definition) is 1. The van der Waals surface area contributed by atoms with E-state index < -0.39 is 0 Å². The summed E-state index contributed by atoms with van der Waals surface area (Å²) < 4.78 is 2.20. The van der Waals surface area contributed by atoms with Crippen LogP contribution in [0.4, 0.5) is 0 Å². The molecular weight excluding hydrogens is 278 g/mol. The Balaban J connectivity index is 1.62. The number of rotatable bonds is 5. The monoisotopic (exact) mass is 295 g/mol. The third kappa shape index (κ3) is 2.99. The topological polar surface area (TPSA) is 40.8 Å². The molecule has 0 saturated carbocycles. The van der Waals surface area contributed by atoms with E-state index in [1.54, 1.807) is 0 Å². The fourth-order valence-corrected chi connectivity index (χ4v) is 3.37. The minimum Gasteiger partial charge on any atom is -0.346 e. The molecule has 3 nitrogen and oxygen atoms in total. The zero-order chi connectivity index (χ0) is 14.7. The highest BCUT2D eigenvalue weighted by molar-refractivity contribution is 7.11. The largest absolute Gasteiger partial charge is 0.346 e. The molecule has 0 radical (unpaired) electrons. The van der Waals surface area contributed by atoms with Crippen LogP contribution in [0.2, 0.25) is 0 Å². The summed E-state index contributed by atoms with van der Waals surface area (Å²) in [7, 11) is 0. The Labute approximate surface area is 128 Å². The fraction of sp³-hybridized carbons (Fsp3) is 0.235. The normalized spacial score (nSPS) is 10.9. The Morgan fingerprint density at radius 1 is 1.24 bits per heavy atom. The summed E-state index contributed by atoms with van der Waals surface area (Å²) in [5, 5.41) is 13.6. The number of benzene rings is 1. The van der Waals surface area contributed by atoms with Gasteiger partial charge in [0.1, 0.15) is 0 Å². The van der Waals surface area contributed by atoms with Gasteiger partial charge in [-0.2, -0.15) is 5.26 Å². The van der Waals surface area contributed by atoms with Gasteiger partial charge >= 0.3 is 0 Å². The van der Waals surface area contributed by atoms with Crippen molar-refractivity contribution in [3.8, 4) is 6.07 Å². The van der Waals surface area contributed by atoms with Crippen molar-refractivity contribution in [1.29, 1.82) is 5.26 Å². The molecule has 0 fully saturated rings. The molecule has 0 atom stereocenters. The molecule has 106 valence electrons. The maximum Gasteiger partial charge on any atom is 0.0998 e. The first-order valence-electron chi connectivity index (χ1n) is 7.02. The summed E-state index contributed by atoms with van der Waals surface area (Å²) in [6.45, 7) is 4.87. The van der Waals surface area contributed by atoms with Crippen LogP contribution in [-0.2, 0) is 13.1 Å². The molecule has 1 aromatic carbocycles. The minimum atomic E-state index is 0.744. The van der Waals surface area contributed by atoms with Crippen LogP contribution in [0.1, 0.15) is 15.3 Å². The molecule has 1 N–H and O–H groups in total. The fourth-order valence-electron chi connectivity index (χ4n) is 2.51. The Morgan fingerprint density at radius 2 is 2.14 bits per heavy atom. The summed E-state index contributed by atoms with van der Waals surface area (Å²) in [6, 6.07) is 14.5. The maximum absolute atomic E-state index is 9.12. The van der Waals surface area contributed by atoms with Crippen molar-refractivity contribution in [2.45, 2.75) is 20.0 Å². The van der Waals surface area contributed by atoms with Gasteiger partial charge in [-0.05, 0) is 37.3 Å². The molecule has 0 aliphatic rings. The number of nitriles is 1. The van der Waals surface area contributed by atoms with Gasteiger partial charge in [0, 0.05) is 46.5 Å². The predicted molar refractivity (Wildman–Crippen MR) is 87.4 cm³/mol. The predicted octanol–water partition coefficient (Wildman–Crippen LogP) is 3.67. The van der Waals surface area contributed by atoms with Crippen molar-refractivity contribution in [1.82, 2.24) is 9.88 Å². The van der Waals surface area contributed by atoms with E-state index >= 15 is 0 Å². The van der Waals surface area contributed by atoms with Gasteiger partial charge in [-0.25, -0.2) is 0 Å². The first kappa shape index (κ1) is 13.9. The van der Waals surface area contributed by atoms with E-state index in [1.165, 1.54) is 9.75 Å². The number of aromatic nitrogens is 1. The SMILES string of the molecule is Cc1ccc(CNCCn2ccc3c(C#N)cccc32)s1. The number of nitrogens with one attached hydrogen (secondary N) is 1. The second-order valence-corrected chi connectivity index (χ2v) is 6.42. The van der Waals surface area contributed by atoms with E-state index in [1.807, 2.05) is 29.5 Å². The number of nitrogens with zero attached hydrogens (tertiary/aromatic N) is 2. The molecule has 4 heteroatoms. The summed E-state index contributed by atoms with van der Waals surface area (Å²) in [6.07, 6.45) is 2.06. The Kier molecular flexibility index (Phi) is 4.05. The Morgan fingerprint density at radius 3 is 2.90 bits per heavy atom. The lowest BCUT2D eigenvalue weighted by molar-refractivity contribution is 0.613. The molecule has 0 aliphatic heterocycles. The number of hydrogen-bond acceptors (Lipinski definition) is 3. The molecule has 0 saturated heterocycles. The third-order valence-electron chi connectivity index (χ3n) is 3.56. The van der Waals surface area contributed by atoms with Crippen molar-refractivity contribution in [2.24, 2.45) is 0 Å². The van der Waals surface area contributed by atoms with Crippen LogP contribution >= 0.6 is 11.3 Å². The lowest BCUT2D eigenvalue weighted by atomic mass is 10.1. The van der Waals surface area contributed by atoms with Gasteiger partial charge in [0.15, 0.2) is 0 Å². The standard InChI is InChI=1S/C17H17N3S/c1-13-5-6-15(21-13)12-19-8-10-20-9-7-16-14(11-18)3-2-4-17(16)20/h2-7,9,19H,8,10,12H2,1H3. The number of thiophene rings is 1. The van der Waals surface area contributed by atoms with Crippen molar-refractivity contribution in [3.05, 3.63) is 57.9 Å². The van der Waals surface area contributed by atoms with Crippen LogP contribution in [0, 0.1) is 18.3 Å². The lowest BCUT2D eigenvalue weighted by Crippen LogP contribution is -2.18. The minimum absolute atomic E-state index is 0.744. The van der Waals surface area contributed by atoms with Crippen LogP contribution < -0.4 is 5.32 Å². The van der Waals surface area contributed by atoms with Crippen LogP contribution in [0.25, 0.3) is 10.9 Å². The first-order valence-corrected chi connectivity index (χ1v) is 7.83. The average molecular weight is 295 g/mol. The molecule has 21 heavy (non-hydrogen) atoms.